The number of carbonyl (C=O) groups excluding carboxylic acids is 1. The van der Waals surface area contributed by atoms with Crippen LogP contribution in [-0.2, 0) is 6.42 Å². The molecule has 0 radical (unpaired) electrons. The minimum Gasteiger partial charge on any atom is -0.410 e. The van der Waals surface area contributed by atoms with Crippen molar-refractivity contribution in [3.8, 4) is 22.6 Å². The average Bonchev–Trinajstić information content (AvgIpc) is 3.16. The molecule has 0 saturated carbocycles. The van der Waals surface area contributed by atoms with Crippen LogP contribution in [0.4, 0.5) is 4.79 Å². The standard InChI is InChI=1S/C20H22ClN5O3/c1-3-4-19-23-24-25-26(19)17-9-15(14-5-7-16(21)8-6-14)10-18(11-17)29-20(28)22-13(2)12-27/h5-11,13,27H,3-4,12H2,1-2H3,(H,22,28)/t13-/m0/s1. The zero-order valence-corrected chi connectivity index (χ0v) is 16.9. The zero-order valence-electron chi connectivity index (χ0n) is 16.2. The summed E-state index contributed by atoms with van der Waals surface area (Å²) in [6.45, 7) is 3.54. The van der Waals surface area contributed by atoms with Crippen molar-refractivity contribution >= 4 is 17.7 Å². The maximum absolute atomic E-state index is 12.1. The Balaban J connectivity index is 2.01. The summed E-state index contributed by atoms with van der Waals surface area (Å²) >= 11 is 6.00. The highest BCUT2D eigenvalue weighted by atomic mass is 35.5. The fourth-order valence-electron chi connectivity index (χ4n) is 2.74. The molecule has 0 saturated heterocycles. The lowest BCUT2D eigenvalue weighted by Gasteiger charge is -2.14. The Morgan fingerprint density at radius 1 is 1.24 bits per heavy atom. The molecule has 1 heterocycles. The van der Waals surface area contributed by atoms with E-state index >= 15 is 0 Å². The van der Waals surface area contributed by atoms with Crippen LogP contribution in [0.1, 0.15) is 26.1 Å². The van der Waals surface area contributed by atoms with Crippen molar-refractivity contribution < 1.29 is 14.6 Å². The summed E-state index contributed by atoms with van der Waals surface area (Å²) < 4.78 is 7.07. The Hall–Kier alpha value is -2.97. The van der Waals surface area contributed by atoms with Gasteiger partial charge < -0.3 is 15.2 Å². The predicted octanol–water partition coefficient (Wildman–Crippen LogP) is 3.40. The van der Waals surface area contributed by atoms with Gasteiger partial charge in [-0.25, -0.2) is 4.79 Å². The lowest BCUT2D eigenvalue weighted by atomic mass is 10.0. The van der Waals surface area contributed by atoms with Gasteiger partial charge in [-0.2, -0.15) is 4.68 Å². The minimum absolute atomic E-state index is 0.184. The van der Waals surface area contributed by atoms with Crippen LogP contribution in [0.15, 0.2) is 42.5 Å². The normalized spacial score (nSPS) is 11.9. The van der Waals surface area contributed by atoms with Gasteiger partial charge in [-0.1, -0.05) is 30.7 Å². The number of hydrogen-bond acceptors (Lipinski definition) is 6. The van der Waals surface area contributed by atoms with Crippen LogP contribution in [0, 0.1) is 0 Å². The molecule has 2 N–H and O–H groups in total. The van der Waals surface area contributed by atoms with Gasteiger partial charge in [0.2, 0.25) is 0 Å². The van der Waals surface area contributed by atoms with Crippen molar-refractivity contribution in [2.75, 3.05) is 6.61 Å². The Labute approximate surface area is 173 Å². The van der Waals surface area contributed by atoms with Crippen LogP contribution in [-0.4, -0.2) is 44.1 Å². The zero-order chi connectivity index (χ0) is 20.8. The van der Waals surface area contributed by atoms with Crippen LogP contribution in [0.25, 0.3) is 16.8 Å². The Kier molecular flexibility index (Phi) is 6.79. The highest BCUT2D eigenvalue weighted by Crippen LogP contribution is 2.29. The number of benzene rings is 2. The summed E-state index contributed by atoms with van der Waals surface area (Å²) in [4.78, 5) is 12.1. The van der Waals surface area contributed by atoms with Crippen molar-refractivity contribution in [2.24, 2.45) is 0 Å². The third-order valence-electron chi connectivity index (χ3n) is 4.17. The average molecular weight is 416 g/mol. The predicted molar refractivity (Wildman–Crippen MR) is 109 cm³/mol. The second-order valence-electron chi connectivity index (χ2n) is 6.60. The molecule has 29 heavy (non-hydrogen) atoms. The van der Waals surface area contributed by atoms with Crippen LogP contribution >= 0.6 is 11.6 Å². The number of amides is 1. The number of aromatic nitrogens is 4. The number of hydrogen-bond donors (Lipinski definition) is 2. The molecule has 3 aromatic rings. The number of tetrazole rings is 1. The summed E-state index contributed by atoms with van der Waals surface area (Å²) in [5.74, 6) is 1.04. The molecule has 152 valence electrons. The molecule has 8 nitrogen and oxygen atoms in total. The molecule has 0 aliphatic rings. The van der Waals surface area contributed by atoms with E-state index in [1.165, 1.54) is 0 Å². The van der Waals surface area contributed by atoms with E-state index in [1.807, 2.05) is 25.1 Å². The SMILES string of the molecule is CCCc1nnnn1-c1cc(OC(=O)N[C@@H](C)CO)cc(-c2ccc(Cl)cc2)c1. The van der Waals surface area contributed by atoms with E-state index in [9.17, 15) is 4.79 Å². The highest BCUT2D eigenvalue weighted by Gasteiger charge is 2.14. The molecule has 0 spiro atoms. The van der Waals surface area contributed by atoms with Gasteiger partial charge in [0, 0.05) is 17.5 Å². The van der Waals surface area contributed by atoms with Gasteiger partial charge >= 0.3 is 6.09 Å². The van der Waals surface area contributed by atoms with E-state index in [2.05, 4.69) is 20.8 Å². The fraction of sp³-hybridized carbons (Fsp3) is 0.300. The maximum Gasteiger partial charge on any atom is 0.412 e. The number of aliphatic hydroxyl groups is 1. The first-order valence-corrected chi connectivity index (χ1v) is 9.65. The van der Waals surface area contributed by atoms with Gasteiger partial charge in [0.05, 0.1) is 18.3 Å². The van der Waals surface area contributed by atoms with E-state index in [0.29, 0.717) is 28.7 Å². The number of ether oxygens (including phenoxy) is 1. The number of aliphatic hydroxyl groups excluding tert-OH is 1. The summed E-state index contributed by atoms with van der Waals surface area (Å²) in [6, 6.07) is 12.3. The first-order valence-electron chi connectivity index (χ1n) is 9.28. The van der Waals surface area contributed by atoms with E-state index in [1.54, 1.807) is 35.9 Å². The molecular weight excluding hydrogens is 394 g/mol. The van der Waals surface area contributed by atoms with Crippen LogP contribution in [0.5, 0.6) is 5.75 Å². The molecule has 1 aromatic heterocycles. The summed E-state index contributed by atoms with van der Waals surface area (Å²) in [7, 11) is 0. The summed E-state index contributed by atoms with van der Waals surface area (Å²) in [5.41, 5.74) is 2.38. The van der Waals surface area contributed by atoms with Crippen molar-refractivity contribution in [1.29, 1.82) is 0 Å². The molecule has 0 unspecified atom stereocenters. The van der Waals surface area contributed by atoms with Gasteiger partial charge in [0.15, 0.2) is 5.82 Å². The monoisotopic (exact) mass is 415 g/mol. The van der Waals surface area contributed by atoms with Gasteiger partial charge in [-0.05, 0) is 59.2 Å². The van der Waals surface area contributed by atoms with Gasteiger partial charge in [0.1, 0.15) is 5.75 Å². The Morgan fingerprint density at radius 2 is 2.00 bits per heavy atom. The lowest BCUT2D eigenvalue weighted by Crippen LogP contribution is -2.37. The lowest BCUT2D eigenvalue weighted by molar-refractivity contribution is 0.186. The van der Waals surface area contributed by atoms with E-state index < -0.39 is 12.1 Å². The molecule has 3 rings (SSSR count). The number of nitrogens with one attached hydrogen (secondary N) is 1. The number of halogens is 1. The third-order valence-corrected chi connectivity index (χ3v) is 4.42. The first kappa shape index (κ1) is 20.8. The Bertz CT molecular complexity index is 975. The van der Waals surface area contributed by atoms with E-state index in [-0.39, 0.29) is 6.61 Å². The second kappa shape index (κ2) is 9.49. The summed E-state index contributed by atoms with van der Waals surface area (Å²) in [5, 5.41) is 24.2. The maximum atomic E-state index is 12.1. The molecular formula is C20H22ClN5O3. The van der Waals surface area contributed by atoms with Crippen LogP contribution in [0.3, 0.4) is 0 Å². The van der Waals surface area contributed by atoms with Crippen molar-refractivity contribution in [2.45, 2.75) is 32.7 Å². The second-order valence-corrected chi connectivity index (χ2v) is 7.03. The van der Waals surface area contributed by atoms with E-state index in [4.69, 9.17) is 21.4 Å². The van der Waals surface area contributed by atoms with Crippen molar-refractivity contribution in [3.63, 3.8) is 0 Å². The van der Waals surface area contributed by atoms with Gasteiger partial charge in [-0.3, -0.25) is 0 Å². The quantitative estimate of drug-likeness (QED) is 0.613. The topological polar surface area (TPSA) is 102 Å². The van der Waals surface area contributed by atoms with Crippen LogP contribution in [0.2, 0.25) is 5.02 Å². The number of carbonyl (C=O) groups is 1. The number of nitrogens with zero attached hydrogens (tertiary/aromatic N) is 4. The van der Waals surface area contributed by atoms with Crippen molar-refractivity contribution in [1.82, 2.24) is 25.5 Å². The Morgan fingerprint density at radius 3 is 2.69 bits per heavy atom. The fourth-order valence-corrected chi connectivity index (χ4v) is 2.87. The van der Waals surface area contributed by atoms with E-state index in [0.717, 1.165) is 17.5 Å². The largest absolute Gasteiger partial charge is 0.412 e. The summed E-state index contributed by atoms with van der Waals surface area (Å²) in [6.07, 6.45) is 0.946. The third kappa shape index (κ3) is 5.30. The molecule has 0 fully saturated rings. The minimum atomic E-state index is -0.656. The van der Waals surface area contributed by atoms with Crippen molar-refractivity contribution in [3.05, 3.63) is 53.3 Å². The first-order chi connectivity index (χ1) is 14.0. The number of aryl methyl sites for hydroxylation is 1. The smallest absolute Gasteiger partial charge is 0.410 e. The molecule has 1 atom stereocenters. The molecule has 0 aliphatic heterocycles. The number of rotatable bonds is 7. The van der Waals surface area contributed by atoms with Gasteiger partial charge in [0.25, 0.3) is 0 Å². The molecule has 9 heteroatoms. The highest BCUT2D eigenvalue weighted by molar-refractivity contribution is 6.30. The van der Waals surface area contributed by atoms with Crippen LogP contribution < -0.4 is 10.1 Å². The molecule has 0 aliphatic carbocycles. The molecule has 0 bridgehead atoms. The van der Waals surface area contributed by atoms with Gasteiger partial charge in [-0.15, -0.1) is 5.10 Å². The molecule has 1 amide bonds. The molecule has 2 aromatic carbocycles.